The van der Waals surface area contributed by atoms with E-state index < -0.39 is 5.97 Å². The van der Waals surface area contributed by atoms with Crippen LogP contribution in [0.2, 0.25) is 0 Å². The number of rotatable bonds is 4. The van der Waals surface area contributed by atoms with E-state index in [0.717, 1.165) is 6.42 Å². The van der Waals surface area contributed by atoms with Gasteiger partial charge >= 0.3 is 5.97 Å². The summed E-state index contributed by atoms with van der Waals surface area (Å²) < 4.78 is 5.48. The third-order valence-electron chi connectivity index (χ3n) is 4.09. The molecule has 4 heteroatoms. The molecule has 2 saturated carbocycles. The third-order valence-corrected chi connectivity index (χ3v) is 4.09. The van der Waals surface area contributed by atoms with E-state index >= 15 is 0 Å². The van der Waals surface area contributed by atoms with Crippen LogP contribution in [-0.2, 0) is 6.42 Å². The van der Waals surface area contributed by atoms with Gasteiger partial charge < -0.3 is 9.52 Å². The second-order valence-corrected chi connectivity index (χ2v) is 5.17. The summed E-state index contributed by atoms with van der Waals surface area (Å²) in [4.78, 5) is 15.5. The number of carboxylic acids is 1. The molecular weight excluding hydrogens is 218 g/mol. The van der Waals surface area contributed by atoms with Crippen molar-refractivity contribution in [1.82, 2.24) is 4.98 Å². The van der Waals surface area contributed by atoms with Crippen molar-refractivity contribution in [3.05, 3.63) is 17.3 Å². The molecule has 2 aliphatic carbocycles. The van der Waals surface area contributed by atoms with Crippen LogP contribution in [-0.4, -0.2) is 16.1 Å². The normalized spacial score (nSPS) is 30.3. The molecule has 4 nitrogen and oxygen atoms in total. The largest absolute Gasteiger partial charge is 0.475 e. The van der Waals surface area contributed by atoms with Crippen molar-refractivity contribution in [3.8, 4) is 0 Å². The minimum atomic E-state index is -0.988. The van der Waals surface area contributed by atoms with Gasteiger partial charge in [-0.1, -0.05) is 19.8 Å². The number of carbonyl (C=O) groups is 1. The van der Waals surface area contributed by atoms with E-state index in [9.17, 15) is 4.79 Å². The molecule has 2 aliphatic rings. The van der Waals surface area contributed by atoms with Crippen LogP contribution < -0.4 is 0 Å². The Hall–Kier alpha value is -1.32. The monoisotopic (exact) mass is 235 g/mol. The van der Waals surface area contributed by atoms with Crippen molar-refractivity contribution in [3.63, 3.8) is 0 Å². The molecule has 1 aromatic rings. The molecule has 0 saturated heterocycles. The first-order chi connectivity index (χ1) is 8.22. The lowest BCUT2D eigenvalue weighted by molar-refractivity contribution is 0.0658. The van der Waals surface area contributed by atoms with Gasteiger partial charge in [0.25, 0.3) is 0 Å². The van der Waals surface area contributed by atoms with E-state index in [1.807, 2.05) is 6.92 Å². The Bertz CT molecular complexity index is 442. The number of aromatic nitrogens is 1. The number of aromatic carboxylic acids is 1. The van der Waals surface area contributed by atoms with E-state index in [2.05, 4.69) is 4.98 Å². The first kappa shape index (κ1) is 10.8. The molecule has 2 unspecified atom stereocenters. The quantitative estimate of drug-likeness (QED) is 0.871. The van der Waals surface area contributed by atoms with Crippen molar-refractivity contribution in [2.45, 2.75) is 44.9 Å². The Morgan fingerprint density at radius 3 is 2.76 bits per heavy atom. The van der Waals surface area contributed by atoms with Gasteiger partial charge in [0.15, 0.2) is 5.89 Å². The number of nitrogens with zero attached hydrogens (tertiary/aromatic N) is 1. The molecule has 0 aromatic carbocycles. The lowest BCUT2D eigenvalue weighted by Gasteiger charge is -1.96. The number of oxazole rings is 1. The average molecular weight is 235 g/mol. The molecule has 2 atom stereocenters. The van der Waals surface area contributed by atoms with Gasteiger partial charge in [-0.3, -0.25) is 0 Å². The van der Waals surface area contributed by atoms with Gasteiger partial charge in [-0.05, 0) is 31.1 Å². The molecule has 92 valence electrons. The van der Waals surface area contributed by atoms with Crippen molar-refractivity contribution in [2.75, 3.05) is 0 Å². The van der Waals surface area contributed by atoms with Crippen LogP contribution in [0.5, 0.6) is 0 Å². The fourth-order valence-electron chi connectivity index (χ4n) is 3.27. The molecule has 17 heavy (non-hydrogen) atoms. The fraction of sp³-hybridized carbons (Fsp3) is 0.692. The maximum Gasteiger partial charge on any atom is 0.373 e. The first-order valence-electron chi connectivity index (χ1n) is 6.45. The molecule has 0 aliphatic heterocycles. The maximum absolute atomic E-state index is 11.1. The highest BCUT2D eigenvalue weighted by Gasteiger charge is 2.56. The Morgan fingerprint density at radius 1 is 1.47 bits per heavy atom. The van der Waals surface area contributed by atoms with Gasteiger partial charge in [0.05, 0.1) is 5.69 Å². The summed E-state index contributed by atoms with van der Waals surface area (Å²) in [5.74, 6) is 1.59. The van der Waals surface area contributed by atoms with E-state index in [0.29, 0.717) is 35.8 Å². The van der Waals surface area contributed by atoms with Crippen LogP contribution in [0.1, 0.15) is 60.7 Å². The molecule has 2 fully saturated rings. The van der Waals surface area contributed by atoms with Gasteiger partial charge in [0.2, 0.25) is 5.76 Å². The van der Waals surface area contributed by atoms with Crippen molar-refractivity contribution >= 4 is 5.97 Å². The lowest BCUT2D eigenvalue weighted by Crippen LogP contribution is -1.99. The summed E-state index contributed by atoms with van der Waals surface area (Å²) in [5, 5.41) is 9.08. The van der Waals surface area contributed by atoms with E-state index in [4.69, 9.17) is 9.52 Å². The lowest BCUT2D eigenvalue weighted by atomic mass is 10.1. The van der Waals surface area contributed by atoms with Crippen LogP contribution in [0.3, 0.4) is 0 Å². The number of carboxylic acid groups (broad SMARTS) is 1. The first-order valence-corrected chi connectivity index (χ1v) is 6.45. The van der Waals surface area contributed by atoms with Crippen LogP contribution in [0.15, 0.2) is 4.42 Å². The van der Waals surface area contributed by atoms with Crippen molar-refractivity contribution < 1.29 is 14.3 Å². The Morgan fingerprint density at radius 2 is 2.18 bits per heavy atom. The summed E-state index contributed by atoms with van der Waals surface area (Å²) in [6.07, 6.45) is 5.39. The fourth-order valence-corrected chi connectivity index (χ4v) is 3.27. The second-order valence-electron chi connectivity index (χ2n) is 5.17. The summed E-state index contributed by atoms with van der Waals surface area (Å²) in [7, 11) is 0. The molecule has 3 rings (SSSR count). The average Bonchev–Trinajstić information content (AvgIpc) is 2.70. The molecule has 0 bridgehead atoms. The van der Waals surface area contributed by atoms with Gasteiger partial charge in [-0.15, -0.1) is 0 Å². The van der Waals surface area contributed by atoms with Gasteiger partial charge in [0.1, 0.15) is 0 Å². The highest BCUT2D eigenvalue weighted by Crippen LogP contribution is 2.62. The summed E-state index contributed by atoms with van der Waals surface area (Å²) >= 11 is 0. The van der Waals surface area contributed by atoms with Crippen LogP contribution in [0.25, 0.3) is 0 Å². The van der Waals surface area contributed by atoms with Gasteiger partial charge in [-0.2, -0.15) is 0 Å². The Balaban J connectivity index is 1.86. The molecule has 1 heterocycles. The summed E-state index contributed by atoms with van der Waals surface area (Å²) in [6.45, 7) is 2.02. The zero-order chi connectivity index (χ0) is 12.0. The molecule has 1 aromatic heterocycles. The second kappa shape index (κ2) is 3.86. The van der Waals surface area contributed by atoms with Crippen LogP contribution in [0, 0.1) is 11.8 Å². The van der Waals surface area contributed by atoms with Crippen LogP contribution in [0.4, 0.5) is 0 Å². The zero-order valence-corrected chi connectivity index (χ0v) is 9.98. The van der Waals surface area contributed by atoms with Crippen LogP contribution >= 0.6 is 0 Å². The molecule has 1 N–H and O–H groups in total. The smallest absolute Gasteiger partial charge is 0.373 e. The highest BCUT2D eigenvalue weighted by atomic mass is 16.4. The zero-order valence-electron chi connectivity index (χ0n) is 9.98. The Labute approximate surface area is 100 Å². The number of hydrogen-bond donors (Lipinski definition) is 1. The third kappa shape index (κ3) is 1.66. The molecule has 0 spiro atoms. The SMILES string of the molecule is CCCc1nc(C2C3CCCC32)oc1C(=O)O. The molecule has 0 radical (unpaired) electrons. The number of fused-ring (bicyclic) bond motifs is 1. The summed E-state index contributed by atoms with van der Waals surface area (Å²) in [6, 6.07) is 0. The molecular formula is C13H17NO3. The summed E-state index contributed by atoms with van der Waals surface area (Å²) in [5.41, 5.74) is 0.625. The predicted octanol–water partition coefficient (Wildman–Crippen LogP) is 2.84. The number of hydrogen-bond acceptors (Lipinski definition) is 3. The number of aryl methyl sites for hydroxylation is 1. The van der Waals surface area contributed by atoms with Gasteiger partial charge in [0, 0.05) is 5.92 Å². The van der Waals surface area contributed by atoms with E-state index in [-0.39, 0.29) is 5.76 Å². The maximum atomic E-state index is 11.1. The highest BCUT2D eigenvalue weighted by molar-refractivity contribution is 5.85. The topological polar surface area (TPSA) is 63.3 Å². The standard InChI is InChI=1S/C13H17NO3/c1-2-4-9-11(13(15)16)17-12(14-9)10-7-5-3-6-8(7)10/h7-8,10H,2-6H2,1H3,(H,15,16). The predicted molar refractivity (Wildman–Crippen MR) is 61.0 cm³/mol. The minimum Gasteiger partial charge on any atom is -0.475 e. The minimum absolute atomic E-state index is 0.0619. The van der Waals surface area contributed by atoms with Gasteiger partial charge in [-0.25, -0.2) is 9.78 Å². The van der Waals surface area contributed by atoms with Crippen molar-refractivity contribution in [1.29, 1.82) is 0 Å². The van der Waals surface area contributed by atoms with E-state index in [1.54, 1.807) is 0 Å². The van der Waals surface area contributed by atoms with Crippen molar-refractivity contribution in [2.24, 2.45) is 11.8 Å². The molecule has 0 amide bonds. The Kier molecular flexibility index (Phi) is 2.45. The van der Waals surface area contributed by atoms with E-state index in [1.165, 1.54) is 19.3 Å².